The molecule has 1 aliphatic rings. The molecule has 0 saturated carbocycles. The van der Waals surface area contributed by atoms with Crippen LogP contribution in [-0.4, -0.2) is 31.6 Å². The summed E-state index contributed by atoms with van der Waals surface area (Å²) in [6, 6.07) is -0.0882. The SMILES string of the molecule is CS(=O)(=O)N1[CH][C@@H](N)CC1. The molecule has 2 N–H and O–H groups in total. The largest absolute Gasteiger partial charge is 0.326 e. The summed E-state index contributed by atoms with van der Waals surface area (Å²) >= 11 is 0. The molecule has 0 spiro atoms. The van der Waals surface area contributed by atoms with Crippen LogP contribution in [0.15, 0.2) is 0 Å². The molecule has 1 saturated heterocycles. The van der Waals surface area contributed by atoms with Gasteiger partial charge >= 0.3 is 0 Å². The van der Waals surface area contributed by atoms with Crippen molar-refractivity contribution in [3.05, 3.63) is 6.54 Å². The van der Waals surface area contributed by atoms with Crippen LogP contribution in [0.3, 0.4) is 0 Å². The van der Waals surface area contributed by atoms with Gasteiger partial charge in [-0.25, -0.2) is 8.42 Å². The van der Waals surface area contributed by atoms with Crippen molar-refractivity contribution in [2.45, 2.75) is 12.5 Å². The normalized spacial score (nSPS) is 29.2. The average Bonchev–Trinajstić information content (AvgIpc) is 2.11. The topological polar surface area (TPSA) is 63.4 Å². The molecule has 5 heteroatoms. The van der Waals surface area contributed by atoms with Gasteiger partial charge in [0, 0.05) is 12.6 Å². The highest BCUT2D eigenvalue weighted by Gasteiger charge is 2.26. The minimum Gasteiger partial charge on any atom is -0.326 e. The molecule has 1 fully saturated rings. The Morgan fingerprint density at radius 3 is 2.50 bits per heavy atom. The molecular formula is C5H11N2O2S. The van der Waals surface area contributed by atoms with Crippen molar-refractivity contribution in [3.8, 4) is 0 Å². The zero-order chi connectivity index (χ0) is 7.78. The Morgan fingerprint density at radius 1 is 1.70 bits per heavy atom. The maximum absolute atomic E-state index is 10.8. The first-order chi connectivity index (χ1) is 4.50. The van der Waals surface area contributed by atoms with Crippen molar-refractivity contribution in [3.63, 3.8) is 0 Å². The fraction of sp³-hybridized carbons (Fsp3) is 0.800. The van der Waals surface area contributed by atoms with E-state index in [9.17, 15) is 8.42 Å². The van der Waals surface area contributed by atoms with Crippen molar-refractivity contribution < 1.29 is 8.42 Å². The van der Waals surface area contributed by atoms with Crippen LogP contribution < -0.4 is 5.73 Å². The maximum Gasteiger partial charge on any atom is 0.211 e. The Morgan fingerprint density at radius 2 is 2.30 bits per heavy atom. The summed E-state index contributed by atoms with van der Waals surface area (Å²) in [6.45, 7) is 2.08. The van der Waals surface area contributed by atoms with Crippen LogP contribution in [0.25, 0.3) is 0 Å². The number of nitrogens with two attached hydrogens (primary N) is 1. The molecule has 0 bridgehead atoms. The number of hydrogen-bond acceptors (Lipinski definition) is 3. The van der Waals surface area contributed by atoms with Crippen LogP contribution in [0.2, 0.25) is 0 Å². The van der Waals surface area contributed by atoms with Crippen LogP contribution in [0, 0.1) is 6.54 Å². The van der Waals surface area contributed by atoms with E-state index in [1.807, 2.05) is 0 Å². The van der Waals surface area contributed by atoms with E-state index in [4.69, 9.17) is 5.73 Å². The number of rotatable bonds is 1. The Hall–Kier alpha value is -0.130. The second kappa shape index (κ2) is 2.48. The second-order valence-corrected chi connectivity index (χ2v) is 4.41. The third-order valence-electron chi connectivity index (χ3n) is 1.47. The van der Waals surface area contributed by atoms with E-state index in [0.29, 0.717) is 6.54 Å². The second-order valence-electron chi connectivity index (χ2n) is 2.48. The molecule has 0 amide bonds. The summed E-state index contributed by atoms with van der Waals surface area (Å²) < 4.78 is 22.9. The van der Waals surface area contributed by atoms with Crippen LogP contribution >= 0.6 is 0 Å². The highest BCUT2D eigenvalue weighted by atomic mass is 32.2. The first-order valence-electron chi connectivity index (χ1n) is 3.07. The predicted molar refractivity (Wildman–Crippen MR) is 38.4 cm³/mol. The molecule has 1 atom stereocenters. The van der Waals surface area contributed by atoms with Crippen molar-refractivity contribution in [1.82, 2.24) is 4.31 Å². The fourth-order valence-corrected chi connectivity index (χ4v) is 1.73. The summed E-state index contributed by atoms with van der Waals surface area (Å²) in [5.74, 6) is 0. The van der Waals surface area contributed by atoms with Crippen molar-refractivity contribution in [2.24, 2.45) is 5.73 Å². The lowest BCUT2D eigenvalue weighted by Crippen LogP contribution is -2.26. The van der Waals surface area contributed by atoms with Crippen LogP contribution in [0.5, 0.6) is 0 Å². The number of hydrogen-bond donors (Lipinski definition) is 1. The highest BCUT2D eigenvalue weighted by molar-refractivity contribution is 7.88. The van der Waals surface area contributed by atoms with Gasteiger partial charge in [-0.05, 0) is 6.42 Å². The predicted octanol–water partition coefficient (Wildman–Crippen LogP) is -0.859. The quantitative estimate of drug-likeness (QED) is 0.547. The van der Waals surface area contributed by atoms with Gasteiger partial charge in [0.2, 0.25) is 10.0 Å². The van der Waals surface area contributed by atoms with Gasteiger partial charge in [-0.1, -0.05) is 0 Å². The lowest BCUT2D eigenvalue weighted by atomic mass is 10.3. The number of nitrogens with zero attached hydrogens (tertiary/aromatic N) is 1. The van der Waals surface area contributed by atoms with Gasteiger partial charge in [0.25, 0.3) is 0 Å². The lowest BCUT2D eigenvalue weighted by molar-refractivity contribution is 0.513. The Bertz CT molecular complexity index is 212. The molecule has 10 heavy (non-hydrogen) atoms. The standard InChI is InChI=1S/C5H11N2O2S/c1-10(8,9)7-3-2-5(6)4-7/h4-5H,2-3,6H2,1H3/t5-/m0/s1. The Labute approximate surface area is 61.1 Å². The van der Waals surface area contributed by atoms with E-state index < -0.39 is 10.0 Å². The third kappa shape index (κ3) is 1.68. The molecule has 1 radical (unpaired) electrons. The minimum absolute atomic E-state index is 0.0882. The van der Waals surface area contributed by atoms with Crippen molar-refractivity contribution >= 4 is 10.0 Å². The van der Waals surface area contributed by atoms with Gasteiger partial charge < -0.3 is 5.73 Å². The van der Waals surface area contributed by atoms with Crippen molar-refractivity contribution in [1.29, 1.82) is 0 Å². The van der Waals surface area contributed by atoms with E-state index in [-0.39, 0.29) is 6.04 Å². The monoisotopic (exact) mass is 163 g/mol. The summed E-state index contributed by atoms with van der Waals surface area (Å²) in [5.41, 5.74) is 5.46. The maximum atomic E-state index is 10.8. The summed E-state index contributed by atoms with van der Waals surface area (Å²) in [7, 11) is -3.04. The van der Waals surface area contributed by atoms with Gasteiger partial charge in [-0.15, -0.1) is 0 Å². The molecule has 0 aromatic carbocycles. The summed E-state index contributed by atoms with van der Waals surface area (Å²) in [6.07, 6.45) is 1.91. The van der Waals surface area contributed by atoms with Gasteiger partial charge in [-0.3, -0.25) is 0 Å². The molecule has 0 aromatic heterocycles. The van der Waals surface area contributed by atoms with E-state index in [1.165, 1.54) is 10.6 Å². The molecule has 1 rings (SSSR count). The highest BCUT2D eigenvalue weighted by Crippen LogP contribution is 2.14. The number of sulfonamides is 1. The molecule has 1 heterocycles. The van der Waals surface area contributed by atoms with Gasteiger partial charge in [0.1, 0.15) is 0 Å². The molecule has 4 nitrogen and oxygen atoms in total. The van der Waals surface area contributed by atoms with Crippen molar-refractivity contribution in [2.75, 3.05) is 12.8 Å². The van der Waals surface area contributed by atoms with E-state index >= 15 is 0 Å². The van der Waals surface area contributed by atoms with Crippen LogP contribution in [-0.2, 0) is 10.0 Å². The molecule has 1 aliphatic heterocycles. The molecular weight excluding hydrogens is 152 g/mol. The first kappa shape index (κ1) is 7.97. The van der Waals surface area contributed by atoms with Crippen LogP contribution in [0.1, 0.15) is 6.42 Å². The Balaban J connectivity index is 2.62. The third-order valence-corrected chi connectivity index (χ3v) is 2.62. The molecule has 0 unspecified atom stereocenters. The molecule has 59 valence electrons. The first-order valence-corrected chi connectivity index (χ1v) is 4.92. The van der Waals surface area contributed by atoms with Gasteiger partial charge in [-0.2, -0.15) is 4.31 Å². The summed E-state index contributed by atoms with van der Waals surface area (Å²) in [4.78, 5) is 0. The Kier molecular flexibility index (Phi) is 1.98. The van der Waals surface area contributed by atoms with E-state index in [0.717, 1.165) is 6.42 Å². The lowest BCUT2D eigenvalue weighted by Gasteiger charge is -2.10. The molecule has 0 aliphatic carbocycles. The van der Waals surface area contributed by atoms with Gasteiger partial charge in [0.05, 0.1) is 12.8 Å². The smallest absolute Gasteiger partial charge is 0.211 e. The zero-order valence-electron chi connectivity index (χ0n) is 5.82. The van der Waals surface area contributed by atoms with E-state index in [1.54, 1.807) is 6.54 Å². The van der Waals surface area contributed by atoms with Crippen LogP contribution in [0.4, 0.5) is 0 Å². The van der Waals surface area contributed by atoms with Gasteiger partial charge in [0.15, 0.2) is 0 Å². The molecule has 0 aromatic rings. The fourth-order valence-electron chi connectivity index (χ4n) is 0.915. The minimum atomic E-state index is -3.04. The van der Waals surface area contributed by atoms with E-state index in [2.05, 4.69) is 0 Å². The zero-order valence-corrected chi connectivity index (χ0v) is 6.63. The average molecular weight is 163 g/mol. The summed E-state index contributed by atoms with van der Waals surface area (Å²) in [5, 5.41) is 0.